The lowest BCUT2D eigenvalue weighted by molar-refractivity contribution is 0.295. The van der Waals surface area contributed by atoms with Crippen LogP contribution in [0.5, 0.6) is 0 Å². The molecule has 0 unspecified atom stereocenters. The van der Waals surface area contributed by atoms with Crippen molar-refractivity contribution in [2.75, 3.05) is 6.61 Å². The third-order valence-electron chi connectivity index (χ3n) is 3.90. The molecule has 0 saturated carbocycles. The summed E-state index contributed by atoms with van der Waals surface area (Å²) in [5, 5.41) is 0. The van der Waals surface area contributed by atoms with E-state index in [0.29, 0.717) is 0 Å². The van der Waals surface area contributed by atoms with Crippen molar-refractivity contribution >= 4 is 9.04 Å². The van der Waals surface area contributed by atoms with Crippen molar-refractivity contribution in [1.82, 2.24) is 0 Å². The quantitative estimate of drug-likeness (QED) is 0.255. The van der Waals surface area contributed by atoms with Gasteiger partial charge in [-0.1, -0.05) is 92.4 Å². The standard InChI is InChI=1S/C18H39OSi/c1-6-7-8-9-10-11-12-13-14-15-16-19-20(17(2)3)18(4)5/h17-18H,6-16H2,1-5H3. The fourth-order valence-corrected chi connectivity index (χ4v) is 5.16. The van der Waals surface area contributed by atoms with Gasteiger partial charge in [-0.05, 0) is 17.5 Å². The molecule has 0 N–H and O–H groups in total. The first-order valence-corrected chi connectivity index (χ1v) is 10.6. The molecule has 0 saturated heterocycles. The SMILES string of the molecule is CCCCCCCCCCCCO[Si](C(C)C)C(C)C. The van der Waals surface area contributed by atoms with Gasteiger partial charge < -0.3 is 4.43 Å². The van der Waals surface area contributed by atoms with Crippen LogP contribution < -0.4 is 0 Å². The van der Waals surface area contributed by atoms with Crippen LogP contribution in [0.1, 0.15) is 98.8 Å². The van der Waals surface area contributed by atoms with E-state index in [0.717, 1.165) is 17.7 Å². The van der Waals surface area contributed by atoms with E-state index in [2.05, 4.69) is 34.6 Å². The average molecular weight is 300 g/mol. The third-order valence-corrected chi connectivity index (χ3v) is 6.72. The first-order valence-electron chi connectivity index (χ1n) is 9.09. The zero-order valence-corrected chi connectivity index (χ0v) is 15.8. The molecule has 0 aliphatic carbocycles. The summed E-state index contributed by atoms with van der Waals surface area (Å²) in [6.07, 6.45) is 14.0. The van der Waals surface area contributed by atoms with Gasteiger partial charge in [0, 0.05) is 6.61 Å². The van der Waals surface area contributed by atoms with Crippen molar-refractivity contribution in [1.29, 1.82) is 0 Å². The molecule has 0 aromatic heterocycles. The molecular weight excluding hydrogens is 260 g/mol. The Labute approximate surface area is 130 Å². The summed E-state index contributed by atoms with van der Waals surface area (Å²) < 4.78 is 6.14. The second-order valence-electron chi connectivity index (χ2n) is 6.74. The molecule has 121 valence electrons. The summed E-state index contributed by atoms with van der Waals surface area (Å²) in [4.78, 5) is 0. The lowest BCUT2D eigenvalue weighted by Crippen LogP contribution is -2.26. The van der Waals surface area contributed by atoms with Crippen molar-refractivity contribution in [3.8, 4) is 0 Å². The summed E-state index contributed by atoms with van der Waals surface area (Å²) >= 11 is 0. The summed E-state index contributed by atoms with van der Waals surface area (Å²) in [6, 6.07) is 0. The van der Waals surface area contributed by atoms with Gasteiger partial charge in [0.25, 0.3) is 0 Å². The minimum absolute atomic E-state index is 0.588. The summed E-state index contributed by atoms with van der Waals surface area (Å²) in [5.41, 5.74) is 1.48. The molecule has 0 amide bonds. The van der Waals surface area contributed by atoms with Gasteiger partial charge in [-0.3, -0.25) is 0 Å². The van der Waals surface area contributed by atoms with E-state index in [9.17, 15) is 0 Å². The second kappa shape index (κ2) is 14.1. The molecule has 2 heteroatoms. The fraction of sp³-hybridized carbons (Fsp3) is 1.00. The highest BCUT2D eigenvalue weighted by molar-refractivity contribution is 6.54. The van der Waals surface area contributed by atoms with Crippen LogP contribution in [0, 0.1) is 0 Å². The van der Waals surface area contributed by atoms with E-state index < -0.39 is 9.04 Å². The van der Waals surface area contributed by atoms with Crippen LogP contribution in [0.15, 0.2) is 0 Å². The van der Waals surface area contributed by atoms with E-state index in [1.165, 1.54) is 64.2 Å². The van der Waals surface area contributed by atoms with E-state index >= 15 is 0 Å². The lowest BCUT2D eigenvalue weighted by atomic mass is 10.1. The van der Waals surface area contributed by atoms with Crippen molar-refractivity contribution < 1.29 is 4.43 Å². The van der Waals surface area contributed by atoms with E-state index in [1.807, 2.05) is 0 Å². The summed E-state index contributed by atoms with van der Waals surface area (Å²) in [6.45, 7) is 12.5. The minimum atomic E-state index is -0.588. The van der Waals surface area contributed by atoms with Gasteiger partial charge in [-0.25, -0.2) is 0 Å². The molecule has 0 aromatic carbocycles. The molecule has 0 atom stereocenters. The normalized spacial score (nSPS) is 12.0. The van der Waals surface area contributed by atoms with Crippen LogP contribution >= 0.6 is 0 Å². The van der Waals surface area contributed by atoms with Gasteiger partial charge in [0.05, 0.1) is 0 Å². The number of unbranched alkanes of at least 4 members (excludes halogenated alkanes) is 9. The predicted octanol–water partition coefficient (Wildman–Crippen LogP) is 6.74. The Bertz CT molecular complexity index is 184. The lowest BCUT2D eigenvalue weighted by Gasteiger charge is -2.22. The van der Waals surface area contributed by atoms with Crippen molar-refractivity contribution in [3.63, 3.8) is 0 Å². The Hall–Kier alpha value is 0.177. The molecule has 0 fully saturated rings. The van der Waals surface area contributed by atoms with E-state index in [4.69, 9.17) is 4.43 Å². The highest BCUT2D eigenvalue weighted by Gasteiger charge is 2.21. The number of hydrogen-bond donors (Lipinski definition) is 0. The topological polar surface area (TPSA) is 9.23 Å². The number of hydrogen-bond acceptors (Lipinski definition) is 1. The maximum absolute atomic E-state index is 6.14. The van der Waals surface area contributed by atoms with Gasteiger partial charge in [0.2, 0.25) is 9.04 Å². The van der Waals surface area contributed by atoms with Crippen LogP contribution in [-0.2, 0) is 4.43 Å². The first kappa shape index (κ1) is 20.2. The Balaban J connectivity index is 3.27. The van der Waals surface area contributed by atoms with Gasteiger partial charge in [0.15, 0.2) is 0 Å². The van der Waals surface area contributed by atoms with Gasteiger partial charge in [-0.2, -0.15) is 0 Å². The molecular formula is C18H39OSi. The molecule has 0 aromatic rings. The predicted molar refractivity (Wildman–Crippen MR) is 93.7 cm³/mol. The van der Waals surface area contributed by atoms with Crippen LogP contribution in [0.2, 0.25) is 11.1 Å². The minimum Gasteiger partial charge on any atom is -0.416 e. The van der Waals surface area contributed by atoms with Crippen LogP contribution in [-0.4, -0.2) is 15.6 Å². The molecule has 1 radical (unpaired) electrons. The molecule has 20 heavy (non-hydrogen) atoms. The smallest absolute Gasteiger partial charge is 0.216 e. The highest BCUT2D eigenvalue weighted by atomic mass is 28.3. The first-order chi connectivity index (χ1) is 9.59. The molecule has 0 aliphatic rings. The van der Waals surface area contributed by atoms with Gasteiger partial charge >= 0.3 is 0 Å². The molecule has 1 nitrogen and oxygen atoms in total. The average Bonchev–Trinajstić information content (AvgIpc) is 2.39. The highest BCUT2D eigenvalue weighted by Crippen LogP contribution is 2.21. The number of rotatable bonds is 14. The van der Waals surface area contributed by atoms with Crippen LogP contribution in [0.25, 0.3) is 0 Å². The Morgan fingerprint density at radius 2 is 1.05 bits per heavy atom. The molecule has 0 rings (SSSR count). The second-order valence-corrected chi connectivity index (χ2v) is 10.1. The largest absolute Gasteiger partial charge is 0.416 e. The molecule has 0 bridgehead atoms. The van der Waals surface area contributed by atoms with Crippen molar-refractivity contribution in [2.24, 2.45) is 0 Å². The molecule has 0 spiro atoms. The van der Waals surface area contributed by atoms with Crippen LogP contribution in [0.3, 0.4) is 0 Å². The van der Waals surface area contributed by atoms with E-state index in [-0.39, 0.29) is 0 Å². The summed E-state index contributed by atoms with van der Waals surface area (Å²) in [7, 11) is -0.588. The van der Waals surface area contributed by atoms with Crippen LogP contribution in [0.4, 0.5) is 0 Å². The molecule has 0 heterocycles. The van der Waals surface area contributed by atoms with E-state index in [1.54, 1.807) is 0 Å². The third kappa shape index (κ3) is 12.0. The fourth-order valence-electron chi connectivity index (χ4n) is 2.78. The van der Waals surface area contributed by atoms with Crippen molar-refractivity contribution in [3.05, 3.63) is 0 Å². The Kier molecular flexibility index (Phi) is 14.3. The van der Waals surface area contributed by atoms with Gasteiger partial charge in [-0.15, -0.1) is 0 Å². The zero-order chi connectivity index (χ0) is 15.2. The Morgan fingerprint density at radius 1 is 0.650 bits per heavy atom. The van der Waals surface area contributed by atoms with Crippen molar-refractivity contribution in [2.45, 2.75) is 110 Å². The Morgan fingerprint density at radius 3 is 1.45 bits per heavy atom. The zero-order valence-electron chi connectivity index (χ0n) is 14.8. The maximum Gasteiger partial charge on any atom is 0.216 e. The monoisotopic (exact) mass is 299 g/mol. The summed E-state index contributed by atoms with van der Waals surface area (Å²) in [5.74, 6) is 0. The maximum atomic E-state index is 6.14. The van der Waals surface area contributed by atoms with Gasteiger partial charge in [0.1, 0.15) is 0 Å². The molecule has 0 aliphatic heterocycles.